The van der Waals surface area contributed by atoms with E-state index >= 15 is 0 Å². The molecule has 1 aliphatic rings. The maximum Gasteiger partial charge on any atom is 0.122 e. The van der Waals surface area contributed by atoms with Gasteiger partial charge in [-0.15, -0.1) is 11.8 Å². The number of aryl methyl sites for hydroxylation is 1. The van der Waals surface area contributed by atoms with Crippen LogP contribution in [0.3, 0.4) is 0 Å². The molecule has 0 aromatic heterocycles. The summed E-state index contributed by atoms with van der Waals surface area (Å²) < 4.78 is 5.81. The molecule has 0 fully saturated rings. The largest absolute Gasteiger partial charge is 0.496 e. The highest BCUT2D eigenvalue weighted by Crippen LogP contribution is 2.43. The normalized spacial score (nSPS) is 20.7. The second-order valence-corrected chi connectivity index (χ2v) is 9.54. The van der Waals surface area contributed by atoms with Crippen LogP contribution in [0, 0.1) is 4.91 Å². The summed E-state index contributed by atoms with van der Waals surface area (Å²) >= 11 is 1.98. The van der Waals surface area contributed by atoms with Crippen molar-refractivity contribution in [2.45, 2.75) is 75.3 Å². The van der Waals surface area contributed by atoms with Gasteiger partial charge < -0.3 is 4.74 Å². The Hall–Kier alpha value is -1.85. The predicted octanol–water partition coefficient (Wildman–Crippen LogP) is 6.91. The van der Waals surface area contributed by atoms with Crippen LogP contribution >= 0.6 is 11.8 Å². The van der Waals surface area contributed by atoms with E-state index in [9.17, 15) is 4.91 Å². The smallest absolute Gasteiger partial charge is 0.122 e. The molecule has 168 valence electrons. The molecule has 1 N–H and O–H groups in total. The molecule has 0 saturated carbocycles. The molecule has 0 amide bonds. The van der Waals surface area contributed by atoms with Crippen LogP contribution in [-0.4, -0.2) is 24.9 Å². The van der Waals surface area contributed by atoms with Crippen molar-refractivity contribution in [1.29, 1.82) is 0 Å². The van der Waals surface area contributed by atoms with Crippen molar-refractivity contribution < 1.29 is 4.74 Å². The summed E-state index contributed by atoms with van der Waals surface area (Å²) in [6.45, 7) is 4.97. The lowest BCUT2D eigenvalue weighted by Crippen LogP contribution is -2.48. The highest BCUT2D eigenvalue weighted by Gasteiger charge is 2.36. The number of benzene rings is 2. The molecule has 0 bridgehead atoms. The second-order valence-electron chi connectivity index (χ2n) is 8.53. The Bertz CT molecular complexity index is 843. The molecule has 0 saturated heterocycles. The van der Waals surface area contributed by atoms with E-state index in [0.29, 0.717) is 6.54 Å². The summed E-state index contributed by atoms with van der Waals surface area (Å²) in [5.74, 6) is 2.01. The van der Waals surface area contributed by atoms with Crippen molar-refractivity contribution in [3.8, 4) is 5.75 Å². The van der Waals surface area contributed by atoms with Gasteiger partial charge in [0.05, 0.1) is 19.7 Å². The Morgan fingerprint density at radius 2 is 1.97 bits per heavy atom. The van der Waals surface area contributed by atoms with Crippen LogP contribution in [0.1, 0.15) is 75.1 Å². The van der Waals surface area contributed by atoms with Crippen molar-refractivity contribution in [1.82, 2.24) is 5.32 Å². The Kier molecular flexibility index (Phi) is 8.97. The number of unbranched alkanes of at least 4 members (excludes halogenated alkanes) is 2. The van der Waals surface area contributed by atoms with Crippen LogP contribution < -0.4 is 10.1 Å². The van der Waals surface area contributed by atoms with Crippen molar-refractivity contribution >= 4 is 11.8 Å². The fourth-order valence-electron chi connectivity index (χ4n) is 4.44. The predicted molar refractivity (Wildman–Crippen MR) is 131 cm³/mol. The fourth-order valence-corrected chi connectivity index (χ4v) is 5.87. The van der Waals surface area contributed by atoms with Gasteiger partial charge in [0.25, 0.3) is 0 Å². The van der Waals surface area contributed by atoms with E-state index in [1.807, 2.05) is 11.8 Å². The van der Waals surface area contributed by atoms with Crippen LogP contribution in [0.25, 0.3) is 0 Å². The lowest BCUT2D eigenvalue weighted by molar-refractivity contribution is 0.297. The monoisotopic (exact) mass is 440 g/mol. The zero-order chi connectivity index (χ0) is 22.1. The summed E-state index contributed by atoms with van der Waals surface area (Å²) in [7, 11) is 1.75. The summed E-state index contributed by atoms with van der Waals surface area (Å²) in [5.41, 5.74) is 3.94. The molecule has 31 heavy (non-hydrogen) atoms. The molecule has 1 aliphatic heterocycles. The highest BCUT2D eigenvalue weighted by molar-refractivity contribution is 7.99. The standard InChI is InChI=1S/C26H36N2O2S/c1-4-6-15-26(5-2)19-31-24-17-21(14-10-11-16-27-29)23(30-3)18-22(24)25(28-26)20-12-8-7-9-13-20/h7-9,12-13,17-18,25,28H,4-6,10-11,14-16,19H2,1-3H3/t25-,26-/m1/s1. The number of rotatable bonds is 11. The van der Waals surface area contributed by atoms with Crippen LogP contribution in [0.5, 0.6) is 5.75 Å². The topological polar surface area (TPSA) is 50.7 Å². The number of hydrogen-bond acceptors (Lipinski definition) is 5. The lowest BCUT2D eigenvalue weighted by atomic mass is 9.87. The maximum absolute atomic E-state index is 10.4. The Balaban J connectivity index is 2.01. The molecule has 0 spiro atoms. The third-order valence-electron chi connectivity index (χ3n) is 6.44. The quantitative estimate of drug-likeness (QED) is 0.305. The summed E-state index contributed by atoms with van der Waals surface area (Å²) in [6.07, 6.45) is 7.42. The van der Waals surface area contributed by atoms with Crippen molar-refractivity contribution in [2.24, 2.45) is 5.18 Å². The zero-order valence-corrected chi connectivity index (χ0v) is 20.0. The van der Waals surface area contributed by atoms with Gasteiger partial charge in [0.2, 0.25) is 0 Å². The molecule has 3 rings (SSSR count). The van der Waals surface area contributed by atoms with Crippen LogP contribution in [0.2, 0.25) is 0 Å². The molecule has 0 unspecified atom stereocenters. The average Bonchev–Trinajstić information content (AvgIpc) is 2.98. The van der Waals surface area contributed by atoms with E-state index in [-0.39, 0.29) is 11.6 Å². The zero-order valence-electron chi connectivity index (χ0n) is 19.2. The van der Waals surface area contributed by atoms with E-state index in [0.717, 1.165) is 37.2 Å². The number of ether oxygens (including phenoxy) is 1. The van der Waals surface area contributed by atoms with E-state index < -0.39 is 0 Å². The van der Waals surface area contributed by atoms with Gasteiger partial charge in [-0.1, -0.05) is 62.2 Å². The fraction of sp³-hybridized carbons (Fsp3) is 0.538. The van der Waals surface area contributed by atoms with Gasteiger partial charge in [0.1, 0.15) is 5.75 Å². The van der Waals surface area contributed by atoms with E-state index in [1.54, 1.807) is 7.11 Å². The van der Waals surface area contributed by atoms with Gasteiger partial charge in [0, 0.05) is 16.2 Å². The first-order valence-corrected chi connectivity index (χ1v) is 12.6. The summed E-state index contributed by atoms with van der Waals surface area (Å²) in [4.78, 5) is 11.8. The number of nitrogens with zero attached hydrogens (tertiary/aromatic N) is 1. The minimum atomic E-state index is 0.114. The molecule has 2 aromatic rings. The first kappa shape index (κ1) is 23.8. The van der Waals surface area contributed by atoms with Gasteiger partial charge in [0.15, 0.2) is 0 Å². The third kappa shape index (κ3) is 5.89. The van der Waals surface area contributed by atoms with Gasteiger partial charge in [-0.25, -0.2) is 0 Å². The molecule has 2 atom stereocenters. The molecule has 4 nitrogen and oxygen atoms in total. The second kappa shape index (κ2) is 11.7. The van der Waals surface area contributed by atoms with E-state index in [1.165, 1.54) is 40.8 Å². The van der Waals surface area contributed by atoms with Crippen LogP contribution in [0.4, 0.5) is 0 Å². The number of nitroso groups, excluding NO2 is 1. The van der Waals surface area contributed by atoms with Gasteiger partial charge in [-0.3, -0.25) is 5.32 Å². The Labute approximate surface area is 191 Å². The molecular weight excluding hydrogens is 404 g/mol. The number of hydrogen-bond donors (Lipinski definition) is 1. The number of thioether (sulfide) groups is 1. The Morgan fingerprint density at radius 3 is 2.65 bits per heavy atom. The summed E-state index contributed by atoms with van der Waals surface area (Å²) in [6, 6.07) is 15.5. The number of nitrogens with one attached hydrogen (secondary N) is 1. The highest BCUT2D eigenvalue weighted by atomic mass is 32.2. The minimum Gasteiger partial charge on any atom is -0.496 e. The molecule has 0 aliphatic carbocycles. The molecule has 2 aromatic carbocycles. The first-order valence-electron chi connectivity index (χ1n) is 11.6. The van der Waals surface area contributed by atoms with Crippen LogP contribution in [-0.2, 0) is 6.42 Å². The Morgan fingerprint density at radius 1 is 1.16 bits per heavy atom. The van der Waals surface area contributed by atoms with Crippen LogP contribution in [0.15, 0.2) is 52.5 Å². The third-order valence-corrected chi connectivity index (χ3v) is 7.80. The van der Waals surface area contributed by atoms with Gasteiger partial charge in [-0.05, 0) is 60.9 Å². The van der Waals surface area contributed by atoms with Gasteiger partial charge in [-0.2, -0.15) is 4.91 Å². The first-order chi connectivity index (χ1) is 15.2. The van der Waals surface area contributed by atoms with Gasteiger partial charge >= 0.3 is 0 Å². The van der Waals surface area contributed by atoms with Crippen molar-refractivity contribution in [3.63, 3.8) is 0 Å². The molecule has 5 heteroatoms. The average molecular weight is 441 g/mol. The SMILES string of the molecule is CCCC[C@]1(CC)CSc2cc(CCCCN=O)c(OC)cc2[C@@H](c2ccccc2)N1. The molecular formula is C26H36N2O2S. The molecule has 0 radical (unpaired) electrons. The number of methoxy groups -OCH3 is 1. The molecule has 1 heterocycles. The maximum atomic E-state index is 10.4. The number of fused-ring (bicyclic) bond motifs is 1. The summed E-state index contributed by atoms with van der Waals surface area (Å²) in [5, 5.41) is 7.09. The van der Waals surface area contributed by atoms with Crippen molar-refractivity contribution in [3.05, 3.63) is 64.1 Å². The minimum absolute atomic E-state index is 0.114. The van der Waals surface area contributed by atoms with Crippen molar-refractivity contribution in [2.75, 3.05) is 19.4 Å². The van der Waals surface area contributed by atoms with E-state index in [4.69, 9.17) is 4.74 Å². The lowest BCUT2D eigenvalue weighted by Gasteiger charge is -2.36. The van der Waals surface area contributed by atoms with E-state index in [2.05, 4.69) is 66.8 Å².